The van der Waals surface area contributed by atoms with E-state index in [9.17, 15) is 4.79 Å². The zero-order chi connectivity index (χ0) is 23.6. The van der Waals surface area contributed by atoms with Crippen molar-refractivity contribution in [3.05, 3.63) is 78.4 Å². The van der Waals surface area contributed by atoms with E-state index in [-0.39, 0.29) is 5.91 Å². The number of benzene rings is 3. The van der Waals surface area contributed by atoms with Gasteiger partial charge in [-0.2, -0.15) is 0 Å². The van der Waals surface area contributed by atoms with Gasteiger partial charge in [-0.05, 0) is 66.6 Å². The molecule has 3 aromatic carbocycles. The minimum absolute atomic E-state index is 0.198. The number of amides is 1. The fourth-order valence-corrected chi connectivity index (χ4v) is 5.01. The SMILES string of the molecule is O=C1CCCN1c1ccc(N2CCOCC2)c(COc2ccc(-c3cc4ccccc4[nH]3)cc2)c1. The lowest BCUT2D eigenvalue weighted by Crippen LogP contribution is -2.37. The molecule has 1 amide bonds. The molecule has 0 spiro atoms. The molecule has 6 rings (SSSR count). The van der Waals surface area contributed by atoms with Crippen LogP contribution in [0.1, 0.15) is 18.4 Å². The first-order valence-electron chi connectivity index (χ1n) is 12.3. The van der Waals surface area contributed by atoms with Crippen molar-refractivity contribution < 1.29 is 14.3 Å². The molecule has 2 fully saturated rings. The molecule has 1 N–H and O–H groups in total. The number of aromatic nitrogens is 1. The van der Waals surface area contributed by atoms with Gasteiger partial charge in [0.05, 0.1) is 13.2 Å². The highest BCUT2D eigenvalue weighted by atomic mass is 16.5. The van der Waals surface area contributed by atoms with Gasteiger partial charge in [0.25, 0.3) is 0 Å². The van der Waals surface area contributed by atoms with Crippen LogP contribution in [0.3, 0.4) is 0 Å². The van der Waals surface area contributed by atoms with Crippen molar-refractivity contribution in [3.63, 3.8) is 0 Å². The van der Waals surface area contributed by atoms with E-state index in [1.54, 1.807) is 0 Å². The van der Waals surface area contributed by atoms with Crippen LogP contribution in [-0.4, -0.2) is 43.7 Å². The second kappa shape index (κ2) is 9.47. The number of H-pyrrole nitrogens is 1. The van der Waals surface area contributed by atoms with Crippen LogP contribution >= 0.6 is 0 Å². The molecule has 0 unspecified atom stereocenters. The summed E-state index contributed by atoms with van der Waals surface area (Å²) in [5.41, 5.74) is 6.54. The number of nitrogens with zero attached hydrogens (tertiary/aromatic N) is 2. The van der Waals surface area contributed by atoms with Gasteiger partial charge < -0.3 is 24.3 Å². The van der Waals surface area contributed by atoms with Crippen LogP contribution in [0.4, 0.5) is 11.4 Å². The van der Waals surface area contributed by atoms with E-state index in [2.05, 4.69) is 64.5 Å². The molecule has 0 bridgehead atoms. The maximum absolute atomic E-state index is 12.3. The molecule has 2 aliphatic rings. The molecule has 3 heterocycles. The summed E-state index contributed by atoms with van der Waals surface area (Å²) in [6.07, 6.45) is 1.54. The second-order valence-electron chi connectivity index (χ2n) is 9.14. The summed E-state index contributed by atoms with van der Waals surface area (Å²) < 4.78 is 11.8. The Morgan fingerprint density at radius 3 is 2.51 bits per heavy atom. The number of rotatable bonds is 6. The molecule has 2 saturated heterocycles. The quantitative estimate of drug-likeness (QED) is 0.414. The van der Waals surface area contributed by atoms with Crippen LogP contribution in [-0.2, 0) is 16.1 Å². The molecule has 0 aliphatic carbocycles. The van der Waals surface area contributed by atoms with Crippen molar-refractivity contribution in [2.75, 3.05) is 42.6 Å². The van der Waals surface area contributed by atoms with Crippen LogP contribution < -0.4 is 14.5 Å². The molecule has 6 nitrogen and oxygen atoms in total. The topological polar surface area (TPSA) is 57.8 Å². The largest absolute Gasteiger partial charge is 0.489 e. The van der Waals surface area contributed by atoms with Gasteiger partial charge in [0.1, 0.15) is 12.4 Å². The van der Waals surface area contributed by atoms with Crippen LogP contribution in [0, 0.1) is 0 Å². The molecule has 35 heavy (non-hydrogen) atoms. The van der Waals surface area contributed by atoms with E-state index < -0.39 is 0 Å². The molecular weight excluding hydrogens is 438 g/mol. The van der Waals surface area contributed by atoms with Gasteiger partial charge in [-0.25, -0.2) is 0 Å². The van der Waals surface area contributed by atoms with Gasteiger partial charge in [0.15, 0.2) is 0 Å². The average Bonchev–Trinajstić information content (AvgIpc) is 3.54. The van der Waals surface area contributed by atoms with Gasteiger partial charge in [-0.15, -0.1) is 0 Å². The van der Waals surface area contributed by atoms with Gasteiger partial charge >= 0.3 is 0 Å². The van der Waals surface area contributed by atoms with Crippen LogP contribution in [0.5, 0.6) is 5.75 Å². The number of carbonyl (C=O) groups is 1. The smallest absolute Gasteiger partial charge is 0.227 e. The Kier molecular flexibility index (Phi) is 5.88. The number of para-hydroxylation sites is 1. The highest BCUT2D eigenvalue weighted by Crippen LogP contribution is 2.31. The van der Waals surface area contributed by atoms with Gasteiger partial charge in [-0.3, -0.25) is 4.79 Å². The molecule has 0 atom stereocenters. The molecule has 6 heteroatoms. The van der Waals surface area contributed by atoms with E-state index in [1.165, 1.54) is 5.39 Å². The van der Waals surface area contributed by atoms with Gasteiger partial charge in [0, 0.05) is 59.6 Å². The first-order valence-corrected chi connectivity index (χ1v) is 12.3. The predicted molar refractivity (Wildman–Crippen MR) is 139 cm³/mol. The third-order valence-electron chi connectivity index (χ3n) is 6.89. The fourth-order valence-electron chi connectivity index (χ4n) is 5.01. The second-order valence-corrected chi connectivity index (χ2v) is 9.14. The normalized spacial score (nSPS) is 16.3. The first kappa shape index (κ1) is 21.7. The maximum Gasteiger partial charge on any atom is 0.227 e. The number of morpholine rings is 1. The minimum atomic E-state index is 0.198. The molecular formula is C29H29N3O3. The van der Waals surface area contributed by atoms with E-state index in [0.717, 1.165) is 78.7 Å². The summed E-state index contributed by atoms with van der Waals surface area (Å²) >= 11 is 0. The Bertz CT molecular complexity index is 1310. The standard InChI is InChI=1S/C29H29N3O3/c33-29-6-3-13-32(29)24-9-12-28(31-14-16-34-17-15-31)23(18-24)20-35-25-10-7-21(8-11-25)27-19-22-4-1-2-5-26(22)30-27/h1-2,4-5,7-12,18-19,30H,3,6,13-17,20H2. The summed E-state index contributed by atoms with van der Waals surface area (Å²) in [7, 11) is 0. The Hall–Kier alpha value is -3.77. The number of aromatic amines is 1. The number of nitrogens with one attached hydrogen (secondary N) is 1. The summed E-state index contributed by atoms with van der Waals surface area (Å²) in [4.78, 5) is 20.0. The summed E-state index contributed by atoms with van der Waals surface area (Å²) in [5, 5.41) is 1.20. The number of hydrogen-bond donors (Lipinski definition) is 1. The zero-order valence-electron chi connectivity index (χ0n) is 19.7. The summed E-state index contributed by atoms with van der Waals surface area (Å²) in [6, 6.07) is 25.0. The lowest BCUT2D eigenvalue weighted by molar-refractivity contribution is -0.117. The molecule has 1 aromatic heterocycles. The number of anilines is 2. The Morgan fingerprint density at radius 1 is 0.914 bits per heavy atom. The molecule has 0 radical (unpaired) electrons. The number of hydrogen-bond acceptors (Lipinski definition) is 4. The van der Waals surface area contributed by atoms with Crippen molar-refractivity contribution >= 4 is 28.2 Å². The highest BCUT2D eigenvalue weighted by molar-refractivity contribution is 5.95. The zero-order valence-corrected chi connectivity index (χ0v) is 19.7. The summed E-state index contributed by atoms with van der Waals surface area (Å²) in [6.45, 7) is 4.38. The van der Waals surface area contributed by atoms with E-state index in [4.69, 9.17) is 9.47 Å². The van der Waals surface area contributed by atoms with Crippen molar-refractivity contribution in [1.82, 2.24) is 4.98 Å². The molecule has 2 aliphatic heterocycles. The maximum atomic E-state index is 12.3. The Morgan fingerprint density at radius 2 is 1.74 bits per heavy atom. The van der Waals surface area contributed by atoms with Gasteiger partial charge in [0.2, 0.25) is 5.91 Å². The lowest BCUT2D eigenvalue weighted by Gasteiger charge is -2.31. The van der Waals surface area contributed by atoms with Crippen LogP contribution in [0.25, 0.3) is 22.2 Å². The Labute approximate surface area is 205 Å². The fraction of sp³-hybridized carbons (Fsp3) is 0.276. The van der Waals surface area contributed by atoms with Gasteiger partial charge in [-0.1, -0.05) is 18.2 Å². The van der Waals surface area contributed by atoms with Crippen molar-refractivity contribution in [3.8, 4) is 17.0 Å². The molecule has 178 valence electrons. The van der Waals surface area contributed by atoms with E-state index in [0.29, 0.717) is 13.0 Å². The predicted octanol–water partition coefficient (Wildman–Crippen LogP) is 5.38. The first-order chi connectivity index (χ1) is 17.2. The molecule has 0 saturated carbocycles. The molecule has 4 aromatic rings. The third kappa shape index (κ3) is 4.49. The van der Waals surface area contributed by atoms with E-state index in [1.807, 2.05) is 23.1 Å². The van der Waals surface area contributed by atoms with Crippen LogP contribution in [0.2, 0.25) is 0 Å². The van der Waals surface area contributed by atoms with Crippen molar-refractivity contribution in [2.24, 2.45) is 0 Å². The minimum Gasteiger partial charge on any atom is -0.489 e. The third-order valence-corrected chi connectivity index (χ3v) is 6.89. The highest BCUT2D eigenvalue weighted by Gasteiger charge is 2.23. The number of ether oxygens (including phenoxy) is 2. The number of carbonyl (C=O) groups excluding carboxylic acids is 1. The van der Waals surface area contributed by atoms with E-state index >= 15 is 0 Å². The monoisotopic (exact) mass is 467 g/mol. The Balaban J connectivity index is 1.22. The van der Waals surface area contributed by atoms with Crippen molar-refractivity contribution in [2.45, 2.75) is 19.4 Å². The van der Waals surface area contributed by atoms with Crippen molar-refractivity contribution in [1.29, 1.82) is 0 Å². The number of fused-ring (bicyclic) bond motifs is 1. The summed E-state index contributed by atoms with van der Waals surface area (Å²) in [5.74, 6) is 1.02. The average molecular weight is 468 g/mol. The van der Waals surface area contributed by atoms with Crippen LogP contribution in [0.15, 0.2) is 72.8 Å². The lowest BCUT2D eigenvalue weighted by atomic mass is 10.1.